The van der Waals surface area contributed by atoms with Crippen molar-refractivity contribution in [1.29, 1.82) is 0 Å². The van der Waals surface area contributed by atoms with Crippen LogP contribution in [0.3, 0.4) is 0 Å². The van der Waals surface area contributed by atoms with Crippen molar-refractivity contribution in [2.45, 2.75) is 65.5 Å². The van der Waals surface area contributed by atoms with E-state index in [2.05, 4.69) is 29.5 Å². The monoisotopic (exact) mass is 403 g/mol. The molecule has 3 fully saturated rings. The number of carbonyl (C=O) groups excluding carboxylic acids is 2. The van der Waals surface area contributed by atoms with Gasteiger partial charge in [0.2, 0.25) is 5.91 Å². The van der Waals surface area contributed by atoms with E-state index in [-0.39, 0.29) is 40.7 Å². The molecule has 1 spiro atoms. The number of hydrogen-bond acceptors (Lipinski definition) is 5. The Balaban J connectivity index is 1.44. The molecular formula is C22H33N3O4. The van der Waals surface area contributed by atoms with Gasteiger partial charge in [0, 0.05) is 25.1 Å². The van der Waals surface area contributed by atoms with Crippen LogP contribution in [0, 0.1) is 28.6 Å². The highest BCUT2D eigenvalue weighted by molar-refractivity contribution is 5.91. The summed E-state index contributed by atoms with van der Waals surface area (Å²) in [7, 11) is 0. The predicted octanol–water partition coefficient (Wildman–Crippen LogP) is 2.78. The third-order valence-corrected chi connectivity index (χ3v) is 7.81. The molecule has 160 valence electrons. The van der Waals surface area contributed by atoms with Crippen molar-refractivity contribution >= 4 is 11.8 Å². The Hall–Kier alpha value is -1.89. The summed E-state index contributed by atoms with van der Waals surface area (Å²) in [6.07, 6.45) is 6.80. The number of hydrogen-bond donors (Lipinski definition) is 2. The predicted molar refractivity (Wildman–Crippen MR) is 107 cm³/mol. The molecule has 0 radical (unpaired) electrons. The van der Waals surface area contributed by atoms with E-state index in [1.807, 2.05) is 13.8 Å². The fourth-order valence-electron chi connectivity index (χ4n) is 6.25. The Bertz CT molecular complexity index is 760. The first kappa shape index (κ1) is 20.4. The molecule has 2 amide bonds. The zero-order chi connectivity index (χ0) is 20.8. The molecule has 7 heteroatoms. The van der Waals surface area contributed by atoms with Crippen LogP contribution >= 0.6 is 0 Å². The number of nitrogens with zero attached hydrogens (tertiary/aromatic N) is 1. The van der Waals surface area contributed by atoms with Crippen LogP contribution in [0.15, 0.2) is 17.1 Å². The van der Waals surface area contributed by atoms with Crippen LogP contribution in [0.2, 0.25) is 0 Å². The number of carbonyl (C=O) groups is 2. The Labute approximate surface area is 172 Å². The van der Waals surface area contributed by atoms with Crippen molar-refractivity contribution in [2.24, 2.45) is 28.6 Å². The molecule has 2 heterocycles. The van der Waals surface area contributed by atoms with Gasteiger partial charge < -0.3 is 19.8 Å². The minimum Gasteiger partial charge on any atom is -0.451 e. The zero-order valence-corrected chi connectivity index (χ0v) is 17.9. The average Bonchev–Trinajstić information content (AvgIpc) is 3.37. The van der Waals surface area contributed by atoms with Gasteiger partial charge in [-0.2, -0.15) is 0 Å². The van der Waals surface area contributed by atoms with Crippen LogP contribution in [0.5, 0.6) is 0 Å². The lowest BCUT2D eigenvalue weighted by Gasteiger charge is -2.53. The van der Waals surface area contributed by atoms with Crippen molar-refractivity contribution in [2.75, 3.05) is 13.2 Å². The van der Waals surface area contributed by atoms with Gasteiger partial charge in [-0.3, -0.25) is 9.59 Å². The van der Waals surface area contributed by atoms with E-state index in [4.69, 9.17) is 9.15 Å². The molecule has 3 aliphatic rings. The third-order valence-electron chi connectivity index (χ3n) is 7.81. The topological polar surface area (TPSA) is 93.5 Å². The van der Waals surface area contributed by atoms with Crippen LogP contribution in [0.4, 0.5) is 0 Å². The molecule has 2 N–H and O–H groups in total. The molecule has 1 saturated heterocycles. The molecule has 2 aliphatic carbocycles. The van der Waals surface area contributed by atoms with Crippen LogP contribution in [0.1, 0.15) is 63.9 Å². The van der Waals surface area contributed by atoms with Gasteiger partial charge in [-0.15, -0.1) is 0 Å². The molecule has 0 unspecified atom stereocenters. The highest BCUT2D eigenvalue weighted by Gasteiger charge is 2.68. The number of rotatable bonds is 6. The second kappa shape index (κ2) is 7.42. The fourth-order valence-corrected chi connectivity index (χ4v) is 6.25. The number of ether oxygens (including phenoxy) is 1. The quantitative estimate of drug-likeness (QED) is 0.762. The summed E-state index contributed by atoms with van der Waals surface area (Å²) in [6.45, 7) is 9.80. The van der Waals surface area contributed by atoms with Gasteiger partial charge in [-0.25, -0.2) is 4.98 Å². The molecule has 7 nitrogen and oxygen atoms in total. The standard InChI is InChI=1S/C22H33N3O4/c1-13(2)18(26)25-20-21(3,4)14-9-15-17(29-8-6-22(15,20)10-14)5-7-23-19(27)16-11-28-12-24-16/h11-15,17,20H,5-10H2,1-4H3,(H,23,27)(H,25,26)/t14-,15-,17-,20+,22-/m1/s1. The van der Waals surface area contributed by atoms with E-state index < -0.39 is 0 Å². The maximum absolute atomic E-state index is 12.6. The third kappa shape index (κ3) is 3.37. The smallest absolute Gasteiger partial charge is 0.273 e. The lowest BCUT2D eigenvalue weighted by Crippen LogP contribution is -2.60. The second-order valence-electron chi connectivity index (χ2n) is 9.97. The van der Waals surface area contributed by atoms with Crippen LogP contribution in [-0.2, 0) is 9.53 Å². The van der Waals surface area contributed by atoms with E-state index in [1.165, 1.54) is 19.1 Å². The van der Waals surface area contributed by atoms with Crippen molar-refractivity contribution < 1.29 is 18.7 Å². The van der Waals surface area contributed by atoms with Gasteiger partial charge in [0.25, 0.3) is 5.91 Å². The molecule has 4 rings (SSSR count). The van der Waals surface area contributed by atoms with Crippen molar-refractivity contribution in [3.05, 3.63) is 18.4 Å². The largest absolute Gasteiger partial charge is 0.451 e. The molecule has 1 aromatic heterocycles. The number of nitrogens with one attached hydrogen (secondary N) is 2. The van der Waals surface area contributed by atoms with Gasteiger partial charge in [0.1, 0.15) is 6.26 Å². The van der Waals surface area contributed by atoms with Crippen LogP contribution in [-0.4, -0.2) is 42.1 Å². The van der Waals surface area contributed by atoms with Crippen molar-refractivity contribution in [1.82, 2.24) is 15.6 Å². The van der Waals surface area contributed by atoms with Gasteiger partial charge in [-0.1, -0.05) is 27.7 Å². The highest BCUT2D eigenvalue weighted by Crippen LogP contribution is 2.68. The maximum Gasteiger partial charge on any atom is 0.273 e. The first-order valence-electron chi connectivity index (χ1n) is 10.8. The Morgan fingerprint density at radius 2 is 2.14 bits per heavy atom. The highest BCUT2D eigenvalue weighted by atomic mass is 16.5. The second-order valence-corrected chi connectivity index (χ2v) is 9.97. The van der Waals surface area contributed by atoms with Crippen molar-refractivity contribution in [3.8, 4) is 0 Å². The Morgan fingerprint density at radius 1 is 1.34 bits per heavy atom. The molecule has 2 bridgehead atoms. The van der Waals surface area contributed by atoms with Gasteiger partial charge in [-0.05, 0) is 48.3 Å². The first-order chi connectivity index (χ1) is 13.8. The first-order valence-corrected chi connectivity index (χ1v) is 10.8. The summed E-state index contributed by atoms with van der Waals surface area (Å²) in [5.74, 6) is 0.934. The minimum absolute atomic E-state index is 0.0119. The van der Waals surface area contributed by atoms with Gasteiger partial charge >= 0.3 is 0 Å². The van der Waals surface area contributed by atoms with Gasteiger partial charge in [0.15, 0.2) is 12.1 Å². The van der Waals surface area contributed by atoms with E-state index in [0.29, 0.717) is 24.1 Å². The molecule has 1 aliphatic heterocycles. The lowest BCUT2D eigenvalue weighted by atomic mass is 9.59. The summed E-state index contributed by atoms with van der Waals surface area (Å²) in [5, 5.41) is 6.34. The molecular weight excluding hydrogens is 370 g/mol. The van der Waals surface area contributed by atoms with E-state index in [1.54, 1.807) is 0 Å². The average molecular weight is 404 g/mol. The van der Waals surface area contributed by atoms with Crippen LogP contribution < -0.4 is 10.6 Å². The van der Waals surface area contributed by atoms with E-state index in [9.17, 15) is 9.59 Å². The molecule has 0 aromatic carbocycles. The lowest BCUT2D eigenvalue weighted by molar-refractivity contribution is -0.138. The van der Waals surface area contributed by atoms with E-state index in [0.717, 1.165) is 25.9 Å². The summed E-state index contributed by atoms with van der Waals surface area (Å²) in [6, 6.07) is 0.185. The number of oxazole rings is 1. The van der Waals surface area contributed by atoms with Gasteiger partial charge in [0.05, 0.1) is 6.10 Å². The molecule has 2 saturated carbocycles. The SMILES string of the molecule is CC(C)C(=O)N[C@H]1C(C)(C)[C@@H]2C[C@@H]3[C@@H](CCNC(=O)c4cocn4)OCC[C@@]31C2. The molecule has 5 atom stereocenters. The minimum atomic E-state index is -0.222. The number of fused-ring (bicyclic) bond motifs is 1. The summed E-state index contributed by atoms with van der Waals surface area (Å²) >= 11 is 0. The number of aromatic nitrogens is 1. The summed E-state index contributed by atoms with van der Waals surface area (Å²) < 4.78 is 11.1. The number of amides is 2. The normalized spacial score (nSPS) is 34.8. The van der Waals surface area contributed by atoms with Crippen molar-refractivity contribution in [3.63, 3.8) is 0 Å². The molecule has 1 aromatic rings. The Morgan fingerprint density at radius 3 is 2.83 bits per heavy atom. The Kier molecular flexibility index (Phi) is 5.21. The molecule has 29 heavy (non-hydrogen) atoms. The van der Waals surface area contributed by atoms with Crippen LogP contribution in [0.25, 0.3) is 0 Å². The van der Waals surface area contributed by atoms with E-state index >= 15 is 0 Å². The maximum atomic E-state index is 12.6. The summed E-state index contributed by atoms with van der Waals surface area (Å²) in [5.41, 5.74) is 0.506. The fraction of sp³-hybridized carbons (Fsp3) is 0.773. The summed E-state index contributed by atoms with van der Waals surface area (Å²) in [4.78, 5) is 28.6. The zero-order valence-electron chi connectivity index (χ0n) is 17.9.